The molecule has 0 radical (unpaired) electrons. The number of aromatic hydroxyl groups is 1. The molecule has 2 aromatic heterocycles. The maximum Gasteiger partial charge on any atom is 0.257 e. The third kappa shape index (κ3) is 9.80. The Balaban J connectivity index is 0.926. The summed E-state index contributed by atoms with van der Waals surface area (Å²) in [6.45, 7) is 8.68. The maximum atomic E-state index is 14.8. The molecule has 0 spiro atoms. The molecule has 3 aliphatic heterocycles. The van der Waals surface area contributed by atoms with E-state index in [2.05, 4.69) is 33.8 Å². The van der Waals surface area contributed by atoms with Crippen molar-refractivity contribution in [2.24, 2.45) is 7.05 Å². The van der Waals surface area contributed by atoms with Gasteiger partial charge < -0.3 is 34.4 Å². The summed E-state index contributed by atoms with van der Waals surface area (Å²) in [6.07, 6.45) is 5.26. The number of phenolic OH excluding ortho intramolecular Hbond substituents is 1. The first kappa shape index (κ1) is 45.7. The quantitative estimate of drug-likeness (QED) is 0.120. The second-order valence-electron chi connectivity index (χ2n) is 17.7. The number of nitrogens with zero attached hydrogens (tertiary/aromatic N) is 8. The van der Waals surface area contributed by atoms with Crippen LogP contribution in [0.1, 0.15) is 39.0 Å². The molecule has 15 heteroatoms. The maximum absolute atomic E-state index is 14.8. The molecule has 3 fully saturated rings. The van der Waals surface area contributed by atoms with Gasteiger partial charge in [0.05, 0.1) is 43.2 Å². The zero-order valence-corrected chi connectivity index (χ0v) is 38.5. The number of hydrogen-bond donors (Lipinski definition) is 2. The van der Waals surface area contributed by atoms with Crippen molar-refractivity contribution in [3.63, 3.8) is 0 Å². The Hall–Kier alpha value is -7.49. The van der Waals surface area contributed by atoms with Crippen molar-refractivity contribution in [2.45, 2.75) is 44.6 Å². The Morgan fingerprint density at radius 3 is 2.32 bits per heavy atom. The third-order valence-electron chi connectivity index (χ3n) is 13.2. The van der Waals surface area contributed by atoms with E-state index in [1.54, 1.807) is 69.7 Å². The van der Waals surface area contributed by atoms with Gasteiger partial charge in [-0.1, -0.05) is 78.9 Å². The molecule has 3 aliphatic rings. The highest BCUT2D eigenvalue weighted by Crippen LogP contribution is 2.33. The molecule has 0 saturated carbocycles. The number of rotatable bonds is 15. The number of ether oxygens (including phenoxy) is 1. The van der Waals surface area contributed by atoms with Crippen LogP contribution in [0.25, 0.3) is 10.9 Å². The highest BCUT2D eigenvalue weighted by atomic mass is 16.5. The molecule has 350 valence electrons. The highest BCUT2D eigenvalue weighted by molar-refractivity contribution is 6.13. The molecule has 0 bridgehead atoms. The fraction of sp³-hybridized carbons (Fsp3) is 0.302. The Morgan fingerprint density at radius 1 is 0.868 bits per heavy atom. The molecule has 68 heavy (non-hydrogen) atoms. The number of hydrazine groups is 1. The van der Waals surface area contributed by atoms with Crippen LogP contribution >= 0.6 is 0 Å². The van der Waals surface area contributed by atoms with Crippen molar-refractivity contribution >= 4 is 46.0 Å². The highest BCUT2D eigenvalue weighted by Gasteiger charge is 2.51. The van der Waals surface area contributed by atoms with E-state index in [4.69, 9.17) is 9.72 Å². The second-order valence-corrected chi connectivity index (χ2v) is 17.7. The molecule has 3 saturated heterocycles. The monoisotopic (exact) mass is 915 g/mol. The fourth-order valence-electron chi connectivity index (χ4n) is 9.81. The van der Waals surface area contributed by atoms with E-state index in [9.17, 15) is 24.3 Å². The number of pyridine rings is 1. The summed E-state index contributed by atoms with van der Waals surface area (Å²) < 4.78 is 7.20. The minimum atomic E-state index is -0.926. The Morgan fingerprint density at radius 2 is 1.62 bits per heavy atom. The average Bonchev–Trinajstić information content (AvgIpc) is 3.70. The van der Waals surface area contributed by atoms with Gasteiger partial charge in [0.2, 0.25) is 17.7 Å². The summed E-state index contributed by atoms with van der Waals surface area (Å²) in [5.41, 5.74) is 5.65. The van der Waals surface area contributed by atoms with E-state index in [-0.39, 0.29) is 68.4 Å². The number of nitrogens with one attached hydrogen (secondary N) is 1. The number of fused-ring (bicyclic) bond motifs is 2. The molecule has 4 amide bonds. The lowest BCUT2D eigenvalue weighted by Crippen LogP contribution is -2.75. The molecule has 4 aromatic carbocycles. The van der Waals surface area contributed by atoms with Crippen LogP contribution in [-0.2, 0) is 47.4 Å². The van der Waals surface area contributed by atoms with Crippen molar-refractivity contribution < 1.29 is 29.0 Å². The number of anilines is 2. The van der Waals surface area contributed by atoms with E-state index in [1.165, 1.54) is 5.56 Å². The van der Waals surface area contributed by atoms with Gasteiger partial charge in [0, 0.05) is 77.3 Å². The van der Waals surface area contributed by atoms with Crippen molar-refractivity contribution in [1.29, 1.82) is 0 Å². The van der Waals surface area contributed by atoms with E-state index in [0.29, 0.717) is 23.1 Å². The summed E-state index contributed by atoms with van der Waals surface area (Å²) >= 11 is 0. The van der Waals surface area contributed by atoms with Gasteiger partial charge in [0.1, 0.15) is 29.5 Å². The van der Waals surface area contributed by atoms with Crippen LogP contribution in [-0.4, -0.2) is 128 Å². The number of para-hydroxylation sites is 1. The first-order valence-corrected chi connectivity index (χ1v) is 23.1. The van der Waals surface area contributed by atoms with Gasteiger partial charge in [-0.25, -0.2) is 15.0 Å². The lowest BCUT2D eigenvalue weighted by Gasteiger charge is -2.55. The zero-order chi connectivity index (χ0) is 47.3. The SMILES string of the molecule is C=CCN1CC(=O)N2C(Cc3ccc(O)cc3)C(=O)N(Cc3cccc4c(C(=O)Nc5ccc(N6CCN(Cc7ccc(OC)cc7)CC6)nc5)cn(C)c34)CC2N1C(=O)CCc1ccccc1. The van der Waals surface area contributed by atoms with Crippen LogP contribution in [0.4, 0.5) is 11.5 Å². The van der Waals surface area contributed by atoms with Crippen molar-refractivity contribution in [3.05, 3.63) is 162 Å². The van der Waals surface area contributed by atoms with Crippen molar-refractivity contribution in [3.8, 4) is 11.5 Å². The van der Waals surface area contributed by atoms with E-state index >= 15 is 0 Å². The molecule has 2 N–H and O–H groups in total. The Kier molecular flexibility index (Phi) is 13.5. The summed E-state index contributed by atoms with van der Waals surface area (Å²) in [5, 5.41) is 17.2. The normalized spacial score (nSPS) is 17.9. The molecular weight excluding hydrogens is 859 g/mol. The average molecular weight is 916 g/mol. The topological polar surface area (TPSA) is 147 Å². The number of methoxy groups -OCH3 is 1. The number of amides is 4. The molecule has 5 heterocycles. The van der Waals surface area contributed by atoms with Gasteiger partial charge in [-0.2, -0.15) is 0 Å². The predicted octanol–water partition coefficient (Wildman–Crippen LogP) is 5.85. The number of benzene rings is 4. The van der Waals surface area contributed by atoms with Gasteiger partial charge in [0.15, 0.2) is 0 Å². The standard InChI is InChI=1S/C53H57N9O6/c1-4-25-60-36-50(65)61-46(30-38-13-19-42(63)20-14-38)53(67)59(35-48(61)62(60)49(64)24-17-37-9-6-5-7-10-37)33-40-11-8-12-44-45(34-56(2)51(40)44)52(66)55-41-18-23-47(54-31-41)58-28-26-57(27-29-58)32-39-15-21-43(68-3)22-16-39/h4-16,18-23,31,34,46,48,63H,1,17,24-30,32-33,35-36H2,2-3H3,(H,55,66). The van der Waals surface area contributed by atoms with E-state index in [0.717, 1.165) is 66.5 Å². The zero-order valence-electron chi connectivity index (χ0n) is 38.5. The van der Waals surface area contributed by atoms with Gasteiger partial charge in [-0.3, -0.25) is 24.1 Å². The van der Waals surface area contributed by atoms with E-state index < -0.39 is 12.2 Å². The number of piperazine rings is 2. The number of aromatic nitrogens is 2. The first-order chi connectivity index (χ1) is 33.1. The summed E-state index contributed by atoms with van der Waals surface area (Å²) in [4.78, 5) is 70.1. The molecule has 15 nitrogen and oxygen atoms in total. The molecule has 9 rings (SSSR count). The fourth-order valence-corrected chi connectivity index (χ4v) is 9.81. The van der Waals surface area contributed by atoms with Gasteiger partial charge in [-0.05, 0) is 65.1 Å². The smallest absolute Gasteiger partial charge is 0.257 e. The number of aryl methyl sites for hydroxylation is 2. The summed E-state index contributed by atoms with van der Waals surface area (Å²) in [7, 11) is 3.55. The minimum absolute atomic E-state index is 0.0674. The van der Waals surface area contributed by atoms with Crippen LogP contribution in [0.15, 0.2) is 134 Å². The number of phenols is 1. The number of hydrogen-bond acceptors (Lipinski definition) is 10. The summed E-state index contributed by atoms with van der Waals surface area (Å²) in [5.74, 6) is 0.823. The Bertz CT molecular complexity index is 2770. The van der Waals surface area contributed by atoms with Crippen molar-refractivity contribution in [2.75, 3.05) is 63.1 Å². The third-order valence-corrected chi connectivity index (χ3v) is 13.2. The predicted molar refractivity (Wildman–Crippen MR) is 261 cm³/mol. The van der Waals surface area contributed by atoms with Crippen LogP contribution in [0.5, 0.6) is 11.5 Å². The largest absolute Gasteiger partial charge is 0.508 e. The molecular formula is C53H57N9O6. The first-order valence-electron chi connectivity index (χ1n) is 23.1. The lowest BCUT2D eigenvalue weighted by atomic mass is 9.97. The van der Waals surface area contributed by atoms with Gasteiger partial charge in [0.25, 0.3) is 5.91 Å². The van der Waals surface area contributed by atoms with Crippen LogP contribution in [0, 0.1) is 0 Å². The van der Waals surface area contributed by atoms with Crippen LogP contribution in [0.3, 0.4) is 0 Å². The second kappa shape index (κ2) is 20.2. The summed E-state index contributed by atoms with van der Waals surface area (Å²) in [6, 6.07) is 33.2. The lowest BCUT2D eigenvalue weighted by molar-refractivity contribution is -0.205. The van der Waals surface area contributed by atoms with Gasteiger partial charge >= 0.3 is 0 Å². The van der Waals surface area contributed by atoms with Crippen LogP contribution in [0.2, 0.25) is 0 Å². The number of carbonyl (C=O) groups excluding carboxylic acids is 4. The minimum Gasteiger partial charge on any atom is -0.508 e. The van der Waals surface area contributed by atoms with Crippen LogP contribution < -0.4 is 15.0 Å². The molecule has 6 aromatic rings. The number of carbonyl (C=O) groups is 4. The molecule has 0 aliphatic carbocycles. The molecule has 2 unspecified atom stereocenters. The van der Waals surface area contributed by atoms with Gasteiger partial charge in [-0.15, -0.1) is 6.58 Å². The Labute approximate surface area is 396 Å². The molecule has 2 atom stereocenters. The van der Waals surface area contributed by atoms with Crippen molar-refractivity contribution in [1.82, 2.24) is 34.3 Å². The van der Waals surface area contributed by atoms with E-state index in [1.807, 2.05) is 84.4 Å².